The van der Waals surface area contributed by atoms with Gasteiger partial charge in [0.15, 0.2) is 0 Å². The van der Waals surface area contributed by atoms with Gasteiger partial charge in [-0.2, -0.15) is 0 Å². The third kappa shape index (κ3) is 3.13. The number of nitrogens with two attached hydrogens (primary N) is 1. The molecule has 15 heavy (non-hydrogen) atoms. The first-order chi connectivity index (χ1) is 7.02. The smallest absolute Gasteiger partial charge is 0.272 e. The summed E-state index contributed by atoms with van der Waals surface area (Å²) in [5.74, 6) is -0.470. The van der Waals surface area contributed by atoms with Crippen LogP contribution in [0.25, 0.3) is 0 Å². The van der Waals surface area contributed by atoms with E-state index in [0.29, 0.717) is 0 Å². The molecule has 5 heteroatoms. The van der Waals surface area contributed by atoms with Crippen molar-refractivity contribution in [1.29, 1.82) is 0 Å². The molecule has 0 amide bonds. The fourth-order valence-electron chi connectivity index (χ4n) is 1.24. The van der Waals surface area contributed by atoms with Crippen molar-refractivity contribution in [3.63, 3.8) is 0 Å². The van der Waals surface area contributed by atoms with Crippen molar-refractivity contribution in [2.45, 2.75) is 19.4 Å². The van der Waals surface area contributed by atoms with Crippen LogP contribution in [0.3, 0.4) is 0 Å². The monoisotopic (exact) mass is 219 g/mol. The van der Waals surface area contributed by atoms with Crippen molar-refractivity contribution in [1.82, 2.24) is 0 Å². The van der Waals surface area contributed by atoms with Gasteiger partial charge in [0, 0.05) is 11.6 Å². The highest BCUT2D eigenvalue weighted by atomic mass is 19.3. The molecule has 0 aliphatic rings. The Balaban J connectivity index is 2.91. The summed E-state index contributed by atoms with van der Waals surface area (Å²) in [4.78, 5) is 0. The zero-order valence-corrected chi connectivity index (χ0v) is 8.21. The van der Waals surface area contributed by atoms with Crippen LogP contribution < -0.4 is 10.5 Å². The largest absolute Gasteiger partial charge is 0.487 e. The van der Waals surface area contributed by atoms with Crippen LogP contribution in [0.2, 0.25) is 0 Å². The Bertz CT molecular complexity index is 328. The molecule has 2 nitrogen and oxygen atoms in total. The number of halogens is 3. The summed E-state index contributed by atoms with van der Waals surface area (Å²) in [6.07, 6.45) is -2.59. The summed E-state index contributed by atoms with van der Waals surface area (Å²) in [7, 11) is 0. The van der Waals surface area contributed by atoms with Gasteiger partial charge in [0.2, 0.25) is 0 Å². The first-order valence-corrected chi connectivity index (χ1v) is 4.47. The van der Waals surface area contributed by atoms with E-state index in [-0.39, 0.29) is 11.3 Å². The second-order valence-electron chi connectivity index (χ2n) is 3.14. The van der Waals surface area contributed by atoms with Crippen molar-refractivity contribution in [2.24, 2.45) is 5.73 Å². The Kier molecular flexibility index (Phi) is 3.96. The van der Waals surface area contributed by atoms with Gasteiger partial charge in [-0.25, -0.2) is 13.2 Å². The molecule has 1 aromatic carbocycles. The third-order valence-corrected chi connectivity index (χ3v) is 1.83. The minimum atomic E-state index is -2.59. The Hall–Kier alpha value is -1.23. The molecule has 0 heterocycles. The molecule has 0 unspecified atom stereocenters. The summed E-state index contributed by atoms with van der Waals surface area (Å²) in [6.45, 7) is 0.802. The van der Waals surface area contributed by atoms with E-state index in [0.717, 1.165) is 0 Å². The third-order valence-electron chi connectivity index (χ3n) is 1.83. The zero-order valence-electron chi connectivity index (χ0n) is 8.21. The second-order valence-corrected chi connectivity index (χ2v) is 3.14. The normalized spacial score (nSPS) is 12.9. The van der Waals surface area contributed by atoms with Gasteiger partial charge in [0.05, 0.1) is 0 Å². The first kappa shape index (κ1) is 11.8. The molecule has 0 radical (unpaired) electrons. The maximum absolute atomic E-state index is 13.3. The van der Waals surface area contributed by atoms with Crippen molar-refractivity contribution < 1.29 is 17.9 Å². The number of hydrogen-bond acceptors (Lipinski definition) is 2. The van der Waals surface area contributed by atoms with E-state index in [9.17, 15) is 13.2 Å². The number of hydrogen-bond donors (Lipinski definition) is 1. The number of rotatable bonds is 4. The van der Waals surface area contributed by atoms with Gasteiger partial charge in [0.25, 0.3) is 6.43 Å². The highest BCUT2D eigenvalue weighted by Gasteiger charge is 2.14. The minimum absolute atomic E-state index is 0.0744. The van der Waals surface area contributed by atoms with E-state index < -0.39 is 24.9 Å². The van der Waals surface area contributed by atoms with Crippen molar-refractivity contribution in [3.8, 4) is 5.75 Å². The fraction of sp³-hybridized carbons (Fsp3) is 0.400. The molecule has 2 N–H and O–H groups in total. The predicted octanol–water partition coefficient (Wildman–Crippen LogP) is 2.49. The molecule has 0 aromatic heterocycles. The molecule has 0 aliphatic carbocycles. The fourth-order valence-corrected chi connectivity index (χ4v) is 1.24. The summed E-state index contributed by atoms with van der Waals surface area (Å²) in [6, 6.07) is 3.43. The average Bonchev–Trinajstić information content (AvgIpc) is 2.13. The number of benzene rings is 1. The molecule has 0 fully saturated rings. The lowest BCUT2D eigenvalue weighted by Gasteiger charge is -2.14. The molecule has 1 rings (SSSR count). The van der Waals surface area contributed by atoms with Crippen LogP contribution in [0.1, 0.15) is 18.5 Å². The summed E-state index contributed by atoms with van der Waals surface area (Å²) < 4.78 is 41.9. The summed E-state index contributed by atoms with van der Waals surface area (Å²) in [5.41, 5.74) is 5.64. The molecule has 1 aromatic rings. The topological polar surface area (TPSA) is 35.2 Å². The quantitative estimate of drug-likeness (QED) is 0.844. The van der Waals surface area contributed by atoms with Gasteiger partial charge in [-0.15, -0.1) is 0 Å². The molecular weight excluding hydrogens is 207 g/mol. The van der Waals surface area contributed by atoms with Crippen molar-refractivity contribution in [3.05, 3.63) is 29.6 Å². The Morgan fingerprint density at radius 3 is 2.60 bits per heavy atom. The molecule has 0 aliphatic heterocycles. The van der Waals surface area contributed by atoms with Crippen LogP contribution in [0.4, 0.5) is 13.2 Å². The van der Waals surface area contributed by atoms with Crippen LogP contribution in [0.15, 0.2) is 18.2 Å². The van der Waals surface area contributed by atoms with Gasteiger partial charge in [-0.3, -0.25) is 0 Å². The van der Waals surface area contributed by atoms with Gasteiger partial charge in [0.1, 0.15) is 18.2 Å². The lowest BCUT2D eigenvalue weighted by Crippen LogP contribution is -2.13. The van der Waals surface area contributed by atoms with E-state index in [4.69, 9.17) is 10.5 Å². The van der Waals surface area contributed by atoms with E-state index in [2.05, 4.69) is 0 Å². The Morgan fingerprint density at radius 1 is 1.40 bits per heavy atom. The lowest BCUT2D eigenvalue weighted by molar-refractivity contribution is 0.0810. The SMILES string of the molecule is C[C@@H](N)c1c(F)cccc1OCC(F)F. The van der Waals surface area contributed by atoms with Gasteiger partial charge in [-0.1, -0.05) is 6.07 Å². The lowest BCUT2D eigenvalue weighted by atomic mass is 10.1. The average molecular weight is 219 g/mol. The van der Waals surface area contributed by atoms with Crippen LogP contribution in [-0.4, -0.2) is 13.0 Å². The second kappa shape index (κ2) is 5.02. The molecule has 0 spiro atoms. The number of ether oxygens (including phenoxy) is 1. The molecule has 0 saturated carbocycles. The molecule has 1 atom stereocenters. The van der Waals surface area contributed by atoms with Crippen LogP contribution in [-0.2, 0) is 0 Å². The van der Waals surface area contributed by atoms with Crippen LogP contribution >= 0.6 is 0 Å². The predicted molar refractivity (Wildman–Crippen MR) is 50.5 cm³/mol. The van der Waals surface area contributed by atoms with Gasteiger partial charge in [-0.05, 0) is 19.1 Å². The van der Waals surface area contributed by atoms with Crippen molar-refractivity contribution in [2.75, 3.05) is 6.61 Å². The highest BCUT2D eigenvalue weighted by molar-refractivity contribution is 5.36. The zero-order chi connectivity index (χ0) is 11.4. The van der Waals surface area contributed by atoms with Crippen LogP contribution in [0.5, 0.6) is 5.75 Å². The minimum Gasteiger partial charge on any atom is -0.487 e. The molecule has 84 valence electrons. The molecular formula is C10H12F3NO. The summed E-state index contributed by atoms with van der Waals surface area (Å²) >= 11 is 0. The molecule has 0 saturated heterocycles. The van der Waals surface area contributed by atoms with E-state index >= 15 is 0 Å². The van der Waals surface area contributed by atoms with Crippen molar-refractivity contribution >= 4 is 0 Å². The van der Waals surface area contributed by atoms with Gasteiger partial charge < -0.3 is 10.5 Å². The maximum atomic E-state index is 13.3. The maximum Gasteiger partial charge on any atom is 0.272 e. The van der Waals surface area contributed by atoms with E-state index in [1.165, 1.54) is 18.2 Å². The Morgan fingerprint density at radius 2 is 2.07 bits per heavy atom. The van der Waals surface area contributed by atoms with Gasteiger partial charge >= 0.3 is 0 Å². The van der Waals surface area contributed by atoms with E-state index in [1.54, 1.807) is 6.92 Å². The van der Waals surface area contributed by atoms with Crippen LogP contribution in [0, 0.1) is 5.82 Å². The highest BCUT2D eigenvalue weighted by Crippen LogP contribution is 2.26. The number of alkyl halides is 2. The Labute approximate surface area is 85.8 Å². The standard InChI is InChI=1S/C10H12F3NO/c1-6(14)10-7(11)3-2-4-8(10)15-5-9(12)13/h2-4,6,9H,5,14H2,1H3/t6-/m1/s1. The summed E-state index contributed by atoms with van der Waals surface area (Å²) in [5, 5.41) is 0. The van der Waals surface area contributed by atoms with E-state index in [1.807, 2.05) is 0 Å². The first-order valence-electron chi connectivity index (χ1n) is 4.47. The molecule has 0 bridgehead atoms.